The fraction of sp³-hybridized carbons (Fsp3) is 0.733. The van der Waals surface area contributed by atoms with Gasteiger partial charge in [-0.3, -0.25) is 4.79 Å². The summed E-state index contributed by atoms with van der Waals surface area (Å²) in [6.07, 6.45) is 2.36. The Kier molecular flexibility index (Phi) is 4.99. The molecule has 0 unspecified atom stereocenters. The van der Waals surface area contributed by atoms with Crippen molar-refractivity contribution in [3.8, 4) is 0 Å². The van der Waals surface area contributed by atoms with Crippen LogP contribution in [0, 0.1) is 0 Å². The third-order valence-corrected chi connectivity index (χ3v) is 10.2. The molecule has 2 N–H and O–H groups in total. The first-order valence-corrected chi connectivity index (χ1v) is 11.6. The fourth-order valence-corrected chi connectivity index (χ4v) is 4.57. The van der Waals surface area contributed by atoms with E-state index in [0.29, 0.717) is 11.8 Å². The van der Waals surface area contributed by atoms with E-state index in [1.165, 1.54) is 11.3 Å². The molecule has 0 spiro atoms. The van der Waals surface area contributed by atoms with E-state index >= 15 is 0 Å². The summed E-state index contributed by atoms with van der Waals surface area (Å²) in [5.41, 5.74) is 5.62. The van der Waals surface area contributed by atoms with Crippen molar-refractivity contribution >= 4 is 30.7 Å². The van der Waals surface area contributed by atoms with Crippen LogP contribution in [0.15, 0.2) is 5.38 Å². The zero-order chi connectivity index (χ0) is 16.5. The first-order chi connectivity index (χ1) is 10.1. The number of nitrogens with two attached hydrogens (primary N) is 1. The van der Waals surface area contributed by atoms with Gasteiger partial charge in [0, 0.05) is 24.6 Å². The van der Waals surface area contributed by atoms with Crippen LogP contribution in [0.5, 0.6) is 0 Å². The number of rotatable bonds is 4. The monoisotopic (exact) mass is 341 g/mol. The Balaban J connectivity index is 1.91. The van der Waals surface area contributed by atoms with Crippen LogP contribution in [-0.2, 0) is 4.43 Å². The first kappa shape index (κ1) is 17.4. The van der Waals surface area contributed by atoms with E-state index in [1.807, 2.05) is 0 Å². The maximum absolute atomic E-state index is 11.1. The average molecular weight is 342 g/mol. The Hall–Kier alpha value is -0.923. The molecule has 2 heterocycles. The van der Waals surface area contributed by atoms with Crippen LogP contribution in [0.3, 0.4) is 0 Å². The maximum Gasteiger partial charge on any atom is 0.268 e. The van der Waals surface area contributed by atoms with Gasteiger partial charge in [-0.05, 0) is 31.0 Å². The highest BCUT2D eigenvalue weighted by molar-refractivity contribution is 7.13. The lowest BCUT2D eigenvalue weighted by Gasteiger charge is -2.41. The molecule has 2 rings (SSSR count). The van der Waals surface area contributed by atoms with Gasteiger partial charge in [0.1, 0.15) is 5.69 Å². The summed E-state index contributed by atoms with van der Waals surface area (Å²) in [4.78, 5) is 17.7. The molecule has 0 atom stereocenters. The summed E-state index contributed by atoms with van der Waals surface area (Å²) in [5, 5.41) is 2.87. The SMILES string of the molecule is CC(C)(C)[Si](C)(C)OC1CCN(c2nc(C(N)=O)cs2)CC1. The number of nitrogens with zero attached hydrogens (tertiary/aromatic N) is 2. The molecule has 1 amide bonds. The highest BCUT2D eigenvalue weighted by Crippen LogP contribution is 2.38. The molecule has 5 nitrogen and oxygen atoms in total. The van der Waals surface area contributed by atoms with Crippen LogP contribution in [0.25, 0.3) is 0 Å². The first-order valence-electron chi connectivity index (χ1n) is 7.78. The van der Waals surface area contributed by atoms with E-state index in [9.17, 15) is 4.79 Å². The number of aromatic nitrogens is 1. The van der Waals surface area contributed by atoms with Gasteiger partial charge in [-0.1, -0.05) is 20.8 Å². The molecule has 1 fully saturated rings. The minimum atomic E-state index is -1.70. The van der Waals surface area contributed by atoms with Crippen LogP contribution in [0.2, 0.25) is 18.1 Å². The zero-order valence-corrected chi connectivity index (χ0v) is 16.0. The van der Waals surface area contributed by atoms with Gasteiger partial charge >= 0.3 is 0 Å². The van der Waals surface area contributed by atoms with Gasteiger partial charge in [-0.2, -0.15) is 0 Å². The quantitative estimate of drug-likeness (QED) is 0.854. The minimum absolute atomic E-state index is 0.246. The topological polar surface area (TPSA) is 68.4 Å². The second-order valence-corrected chi connectivity index (χ2v) is 13.0. The lowest BCUT2D eigenvalue weighted by atomic mass is 10.1. The lowest BCUT2D eigenvalue weighted by Crippen LogP contribution is -2.47. The second-order valence-electron chi connectivity index (χ2n) is 7.44. The van der Waals surface area contributed by atoms with Crippen molar-refractivity contribution in [1.29, 1.82) is 0 Å². The Morgan fingerprint density at radius 1 is 1.41 bits per heavy atom. The van der Waals surface area contributed by atoms with Crippen molar-refractivity contribution in [2.24, 2.45) is 5.73 Å². The van der Waals surface area contributed by atoms with Gasteiger partial charge in [0.2, 0.25) is 0 Å². The largest absolute Gasteiger partial charge is 0.414 e. The van der Waals surface area contributed by atoms with Crippen molar-refractivity contribution in [3.05, 3.63) is 11.1 Å². The third-order valence-electron chi connectivity index (χ3n) is 4.72. The van der Waals surface area contributed by atoms with Gasteiger partial charge in [0.05, 0.1) is 0 Å². The van der Waals surface area contributed by atoms with E-state index in [-0.39, 0.29) is 5.04 Å². The molecule has 1 saturated heterocycles. The van der Waals surface area contributed by atoms with Crippen LogP contribution in [0.1, 0.15) is 44.1 Å². The number of primary amides is 1. The molecule has 1 aromatic heterocycles. The predicted molar refractivity (Wildman–Crippen MR) is 94.1 cm³/mol. The minimum Gasteiger partial charge on any atom is -0.414 e. The van der Waals surface area contributed by atoms with E-state index in [4.69, 9.17) is 10.2 Å². The van der Waals surface area contributed by atoms with Crippen LogP contribution in [0.4, 0.5) is 5.13 Å². The van der Waals surface area contributed by atoms with Gasteiger partial charge in [0.25, 0.3) is 5.91 Å². The van der Waals surface area contributed by atoms with E-state index in [2.05, 4.69) is 43.7 Å². The molecular formula is C15H27N3O2SSi. The maximum atomic E-state index is 11.1. The van der Waals surface area contributed by atoms with Crippen LogP contribution in [-0.4, -0.2) is 38.4 Å². The molecular weight excluding hydrogens is 314 g/mol. The van der Waals surface area contributed by atoms with Gasteiger partial charge in [-0.25, -0.2) is 4.98 Å². The van der Waals surface area contributed by atoms with Crippen molar-refractivity contribution in [1.82, 2.24) is 4.98 Å². The van der Waals surface area contributed by atoms with Gasteiger partial charge < -0.3 is 15.1 Å². The zero-order valence-electron chi connectivity index (χ0n) is 14.2. The van der Waals surface area contributed by atoms with Gasteiger partial charge in [0.15, 0.2) is 13.4 Å². The molecule has 1 aliphatic heterocycles. The molecule has 22 heavy (non-hydrogen) atoms. The predicted octanol–water partition coefficient (Wildman–Crippen LogP) is 3.23. The molecule has 0 saturated carbocycles. The summed E-state index contributed by atoms with van der Waals surface area (Å²) < 4.78 is 6.49. The highest BCUT2D eigenvalue weighted by Gasteiger charge is 2.39. The van der Waals surface area contributed by atoms with E-state index in [1.54, 1.807) is 5.38 Å². The van der Waals surface area contributed by atoms with Crippen molar-refractivity contribution in [2.45, 2.75) is 57.8 Å². The smallest absolute Gasteiger partial charge is 0.268 e. The fourth-order valence-electron chi connectivity index (χ4n) is 2.28. The number of hydrogen-bond acceptors (Lipinski definition) is 5. The van der Waals surface area contributed by atoms with Crippen molar-refractivity contribution in [2.75, 3.05) is 18.0 Å². The number of anilines is 1. The Bertz CT molecular complexity index is 531. The van der Waals surface area contributed by atoms with Crippen LogP contribution < -0.4 is 10.6 Å². The summed E-state index contributed by atoms with van der Waals surface area (Å²) >= 11 is 1.48. The Morgan fingerprint density at radius 2 is 2.00 bits per heavy atom. The second kappa shape index (κ2) is 6.29. The molecule has 7 heteroatoms. The molecule has 0 aromatic carbocycles. The summed E-state index contributed by atoms with van der Waals surface area (Å²) in [5.74, 6) is -0.460. The Morgan fingerprint density at radius 3 is 2.45 bits per heavy atom. The number of thiazole rings is 1. The standard InChI is InChI=1S/C15H27N3O2SSi/c1-15(2,3)22(4,5)20-11-6-8-18(9-7-11)14-17-12(10-21-14)13(16)19/h10-11H,6-9H2,1-5H3,(H2,16,19). The lowest BCUT2D eigenvalue weighted by molar-refractivity contribution is 0.0996. The number of amides is 1. The van der Waals surface area contributed by atoms with Crippen molar-refractivity contribution < 1.29 is 9.22 Å². The molecule has 0 bridgehead atoms. The molecule has 124 valence electrons. The number of carbonyl (C=O) groups is 1. The van der Waals surface area contributed by atoms with Gasteiger partial charge in [-0.15, -0.1) is 11.3 Å². The number of carbonyl (C=O) groups excluding carboxylic acids is 1. The van der Waals surface area contributed by atoms with E-state index in [0.717, 1.165) is 31.1 Å². The number of piperidine rings is 1. The molecule has 0 radical (unpaired) electrons. The summed E-state index contributed by atoms with van der Waals surface area (Å²) in [7, 11) is -1.70. The highest BCUT2D eigenvalue weighted by atomic mass is 32.1. The van der Waals surface area contributed by atoms with Crippen LogP contribution >= 0.6 is 11.3 Å². The molecule has 1 aliphatic rings. The van der Waals surface area contributed by atoms with E-state index < -0.39 is 14.2 Å². The summed E-state index contributed by atoms with van der Waals surface area (Å²) in [6.45, 7) is 13.3. The third kappa shape index (κ3) is 3.88. The Labute approximate surface area is 138 Å². The van der Waals surface area contributed by atoms with Crippen molar-refractivity contribution in [3.63, 3.8) is 0 Å². The number of hydrogen-bond donors (Lipinski definition) is 1. The molecule has 1 aromatic rings. The average Bonchev–Trinajstić information content (AvgIpc) is 2.87. The summed E-state index contributed by atoms with van der Waals surface area (Å²) in [6, 6.07) is 0. The normalized spacial score (nSPS) is 17.8. The molecule has 0 aliphatic carbocycles.